The first-order valence-corrected chi connectivity index (χ1v) is 22.6. The van der Waals surface area contributed by atoms with Gasteiger partial charge in [-0.25, -0.2) is 27.9 Å². The van der Waals surface area contributed by atoms with Crippen LogP contribution >= 0.6 is 11.3 Å². The number of rotatable bonds is 8. The summed E-state index contributed by atoms with van der Waals surface area (Å²) >= 11 is 1.45. The third kappa shape index (κ3) is 9.91. The average molecular weight is 874 g/mol. The number of para-hydroxylation sites is 1. The molecule has 4 aromatic rings. The number of nitrogens with one attached hydrogen (secondary N) is 4. The lowest BCUT2D eigenvalue weighted by molar-refractivity contribution is -0.131. The number of aromatic nitrogens is 2. The Balaban J connectivity index is 1.19. The zero-order valence-corrected chi connectivity index (χ0v) is 36.6. The number of fused-ring (bicyclic) bond motifs is 3. The van der Waals surface area contributed by atoms with Crippen LogP contribution in [0.25, 0.3) is 22.3 Å². The van der Waals surface area contributed by atoms with Crippen molar-refractivity contribution in [3.8, 4) is 22.9 Å². The second kappa shape index (κ2) is 17.3. The summed E-state index contributed by atoms with van der Waals surface area (Å²) in [5, 5.41) is 12.1. The lowest BCUT2D eigenvalue weighted by Gasteiger charge is -2.29. The first-order valence-electron chi connectivity index (χ1n) is 20.3. The van der Waals surface area contributed by atoms with Crippen molar-refractivity contribution < 1.29 is 41.8 Å². The van der Waals surface area contributed by atoms with Gasteiger partial charge in [0.25, 0.3) is 15.9 Å². The molecule has 0 bridgehead atoms. The van der Waals surface area contributed by atoms with E-state index in [9.17, 15) is 27.6 Å². The third-order valence-electron chi connectivity index (χ3n) is 10.5. The van der Waals surface area contributed by atoms with Gasteiger partial charge in [0, 0.05) is 47.7 Å². The van der Waals surface area contributed by atoms with Crippen LogP contribution in [0.2, 0.25) is 0 Å². The molecule has 1 saturated heterocycles. The molecule has 3 aliphatic rings. The van der Waals surface area contributed by atoms with Crippen molar-refractivity contribution in [3.63, 3.8) is 0 Å². The van der Waals surface area contributed by atoms with Gasteiger partial charge < -0.3 is 30.2 Å². The second-order valence-corrected chi connectivity index (χ2v) is 19.3. The Kier molecular flexibility index (Phi) is 12.3. The summed E-state index contributed by atoms with van der Waals surface area (Å²) in [6.07, 6.45) is 4.35. The van der Waals surface area contributed by atoms with Gasteiger partial charge in [0.15, 0.2) is 5.13 Å². The maximum Gasteiger partial charge on any atom is 0.411 e. The van der Waals surface area contributed by atoms with Crippen molar-refractivity contribution in [1.82, 2.24) is 24.9 Å². The van der Waals surface area contributed by atoms with Gasteiger partial charge in [0.1, 0.15) is 45.4 Å². The van der Waals surface area contributed by atoms with Crippen molar-refractivity contribution in [2.75, 3.05) is 24.3 Å². The smallest absolute Gasteiger partial charge is 0.411 e. The molecule has 18 heteroatoms. The highest BCUT2D eigenvalue weighted by Gasteiger charge is 2.62. The summed E-state index contributed by atoms with van der Waals surface area (Å²) in [4.78, 5) is 65.8. The highest BCUT2D eigenvalue weighted by Crippen LogP contribution is 2.46. The minimum Gasteiger partial charge on any atom is -0.497 e. The number of methoxy groups -OCH3 is 1. The Morgan fingerprint density at radius 3 is 2.59 bits per heavy atom. The number of pyridine rings is 1. The minimum absolute atomic E-state index is 0.0170. The minimum atomic E-state index is -4.52. The number of sulfonamides is 1. The van der Waals surface area contributed by atoms with E-state index < -0.39 is 57.1 Å². The standard InChI is InChI=1S/C43H51N7O9S2/c1-25(2)44-40-47-33(24-60-40)32-21-35(29-18-17-27(57-6)19-31(29)45-32)58-28-20-34(50(23-28)41(54)59-42(3,4)5)38(52)48-43-22-26(43)13-9-7-8-10-16-37(51)46-30-14-11-12-15-36(30)61(55,56)49-39(43)53/h9,11-15,17-19,21,24-26,28,34H,7-8,10,16,20,22-23H2,1-6H3,(H,44,47)(H,46,51)(H,48,52)(H,49,53)/t26-,28-,34+,43-/m1/s1. The Morgan fingerprint density at radius 1 is 1.05 bits per heavy atom. The van der Waals surface area contributed by atoms with Crippen LogP contribution in [0.3, 0.4) is 0 Å². The lowest BCUT2D eigenvalue weighted by atomic mass is 10.1. The predicted molar refractivity (Wildman–Crippen MR) is 231 cm³/mol. The van der Waals surface area contributed by atoms with E-state index >= 15 is 0 Å². The SMILES string of the molecule is COc1ccc2c(O[C@@H]3C[C@@H](C(=O)N[C@]45C[C@H]4C=CCCCCC(=O)Nc4ccccc4S(=O)(=O)NC5=O)N(C(=O)OC(C)(C)C)C3)cc(-c3csc(NC(C)C)n3)nc2c1. The van der Waals surface area contributed by atoms with Crippen LogP contribution in [0.5, 0.6) is 11.5 Å². The number of ether oxygens (including phenoxy) is 3. The summed E-state index contributed by atoms with van der Waals surface area (Å²) in [6, 6.07) is 12.0. The fraction of sp³-hybridized carbons (Fsp3) is 0.442. The molecular formula is C43H51N7O9S2. The number of likely N-dealkylation sites (tertiary alicyclic amines) is 1. The topological polar surface area (TPSA) is 207 Å². The van der Waals surface area contributed by atoms with Crippen LogP contribution in [-0.2, 0) is 29.1 Å². The van der Waals surface area contributed by atoms with Crippen LogP contribution in [0.1, 0.15) is 73.1 Å². The molecule has 61 heavy (non-hydrogen) atoms. The Morgan fingerprint density at radius 2 is 1.84 bits per heavy atom. The summed E-state index contributed by atoms with van der Waals surface area (Å²) in [7, 11) is -2.96. The molecule has 1 aliphatic carbocycles. The van der Waals surface area contributed by atoms with Gasteiger partial charge in [0.2, 0.25) is 11.8 Å². The number of nitrogens with zero attached hydrogens (tertiary/aromatic N) is 3. The maximum atomic E-state index is 14.5. The molecule has 0 spiro atoms. The molecule has 4 amide bonds. The van der Waals surface area contributed by atoms with Crippen molar-refractivity contribution in [1.29, 1.82) is 0 Å². The Hall–Kier alpha value is -5.75. The largest absolute Gasteiger partial charge is 0.497 e. The van der Waals surface area contributed by atoms with Crippen molar-refractivity contribution in [3.05, 3.63) is 66.1 Å². The van der Waals surface area contributed by atoms with Gasteiger partial charge in [0.05, 0.1) is 30.6 Å². The fourth-order valence-corrected chi connectivity index (χ4v) is 9.50. The van der Waals surface area contributed by atoms with E-state index in [1.807, 2.05) is 31.4 Å². The molecule has 2 aromatic heterocycles. The van der Waals surface area contributed by atoms with E-state index in [1.54, 1.807) is 58.2 Å². The van der Waals surface area contributed by atoms with Crippen LogP contribution in [0.15, 0.2) is 71.0 Å². The van der Waals surface area contributed by atoms with Gasteiger partial charge in [-0.05, 0) is 84.6 Å². The van der Waals surface area contributed by atoms with Gasteiger partial charge in [-0.3, -0.25) is 19.3 Å². The van der Waals surface area contributed by atoms with E-state index in [2.05, 4.69) is 20.7 Å². The molecule has 2 aromatic carbocycles. The third-order valence-corrected chi connectivity index (χ3v) is 12.6. The molecule has 2 aliphatic heterocycles. The van der Waals surface area contributed by atoms with Crippen LogP contribution < -0.4 is 30.1 Å². The first kappa shape index (κ1) is 43.3. The number of carbonyl (C=O) groups is 4. The van der Waals surface area contributed by atoms with E-state index in [0.29, 0.717) is 53.1 Å². The predicted octanol–water partition coefficient (Wildman–Crippen LogP) is 6.39. The fourth-order valence-electron chi connectivity index (χ4n) is 7.45. The van der Waals surface area contributed by atoms with E-state index in [4.69, 9.17) is 24.2 Å². The first-order chi connectivity index (χ1) is 28.9. The number of hydrogen-bond donors (Lipinski definition) is 4. The highest BCUT2D eigenvalue weighted by molar-refractivity contribution is 7.90. The molecule has 16 nitrogen and oxygen atoms in total. The zero-order chi connectivity index (χ0) is 43.7. The number of benzene rings is 2. The van der Waals surface area contributed by atoms with Crippen LogP contribution in [0, 0.1) is 5.92 Å². The van der Waals surface area contributed by atoms with Crippen molar-refractivity contribution in [2.45, 2.75) is 107 Å². The number of amides is 4. The average Bonchev–Trinajstić information content (AvgIpc) is 3.46. The molecule has 4 N–H and O–H groups in total. The number of hydrogen-bond acceptors (Lipinski definition) is 13. The Labute approximate surface area is 358 Å². The van der Waals surface area contributed by atoms with Crippen LogP contribution in [0.4, 0.5) is 15.6 Å². The normalized spacial score (nSPS) is 22.8. The second-order valence-electron chi connectivity index (χ2n) is 16.8. The quantitative estimate of drug-likeness (QED) is 0.142. The molecule has 0 unspecified atom stereocenters. The number of carbonyl (C=O) groups excluding carboxylic acids is 4. The summed E-state index contributed by atoms with van der Waals surface area (Å²) in [5.41, 5.74) is -0.768. The monoisotopic (exact) mass is 873 g/mol. The molecule has 1 saturated carbocycles. The lowest BCUT2D eigenvalue weighted by Crippen LogP contribution is -2.56. The van der Waals surface area contributed by atoms with E-state index in [-0.39, 0.29) is 48.3 Å². The highest BCUT2D eigenvalue weighted by atomic mass is 32.2. The van der Waals surface area contributed by atoms with Gasteiger partial charge in [-0.15, -0.1) is 11.3 Å². The molecule has 4 atom stereocenters. The van der Waals surface area contributed by atoms with Gasteiger partial charge in [-0.2, -0.15) is 0 Å². The maximum absolute atomic E-state index is 14.5. The van der Waals surface area contributed by atoms with E-state index in [0.717, 1.165) is 5.13 Å². The van der Waals surface area contributed by atoms with Crippen LogP contribution in [-0.4, -0.2) is 90.1 Å². The molecule has 324 valence electrons. The van der Waals surface area contributed by atoms with Gasteiger partial charge in [-0.1, -0.05) is 24.3 Å². The number of thiazole rings is 1. The molecule has 7 rings (SSSR count). The zero-order valence-electron chi connectivity index (χ0n) is 34.9. The van der Waals surface area contributed by atoms with E-state index in [1.165, 1.54) is 34.4 Å². The summed E-state index contributed by atoms with van der Waals surface area (Å²) in [6.45, 7) is 9.16. The van der Waals surface area contributed by atoms with Crippen molar-refractivity contribution >= 4 is 66.9 Å². The number of allylic oxidation sites excluding steroid dienone is 1. The molecule has 0 radical (unpaired) electrons. The summed E-state index contributed by atoms with van der Waals surface area (Å²) < 4.78 is 47.6. The molecule has 4 heterocycles. The van der Waals surface area contributed by atoms with Crippen molar-refractivity contribution in [2.24, 2.45) is 5.92 Å². The summed E-state index contributed by atoms with van der Waals surface area (Å²) in [5.74, 6) is -1.48. The molecule has 2 fully saturated rings. The van der Waals surface area contributed by atoms with Gasteiger partial charge >= 0.3 is 6.09 Å². The number of anilines is 2. The molecular weight excluding hydrogens is 823 g/mol. The Bertz CT molecular complexity index is 2480.